The number of nitrogens with two attached hydrogens (primary N) is 1. The lowest BCUT2D eigenvalue weighted by atomic mass is 10.1. The Morgan fingerprint density at radius 1 is 1.50 bits per heavy atom. The molecule has 0 aliphatic carbocycles. The molecule has 0 aliphatic rings. The Hall–Kier alpha value is -0.380. The van der Waals surface area contributed by atoms with Gasteiger partial charge < -0.3 is 0 Å². The van der Waals surface area contributed by atoms with Crippen LogP contribution in [0.4, 0.5) is 0 Å². The van der Waals surface area contributed by atoms with E-state index in [0.29, 0.717) is 0 Å². The van der Waals surface area contributed by atoms with Crippen LogP contribution in [0.2, 0.25) is 0 Å². The maximum Gasteiger partial charge on any atom is 0.101 e. The molecular weight excluding hydrogens is 218 g/mol. The summed E-state index contributed by atoms with van der Waals surface area (Å²) in [5.41, 5.74) is 2.29. The topological polar surface area (TPSA) is 35.2 Å². The summed E-state index contributed by atoms with van der Waals surface area (Å²) >= 11 is 3.43. The predicted molar refractivity (Wildman–Crippen MR) is 52.6 cm³/mol. The molecule has 0 spiro atoms. The van der Waals surface area contributed by atoms with Crippen molar-refractivity contribution in [3.05, 3.63) is 33.8 Å². The molecule has 1 aromatic rings. The average molecular weight is 230 g/mol. The van der Waals surface area contributed by atoms with Gasteiger partial charge >= 0.3 is 0 Å². The van der Waals surface area contributed by atoms with Gasteiger partial charge in [-0.05, 0) is 31.0 Å². The van der Waals surface area contributed by atoms with Crippen molar-refractivity contribution in [1.82, 2.24) is 0 Å². The van der Waals surface area contributed by atoms with Crippen LogP contribution in [0.1, 0.15) is 24.2 Å². The molecule has 0 radical (unpaired) electrons. The molecule has 2 nitrogen and oxygen atoms in total. The third kappa shape index (κ3) is 2.06. The van der Waals surface area contributed by atoms with Crippen LogP contribution < -0.4 is 5.90 Å². The highest BCUT2D eigenvalue weighted by atomic mass is 79.9. The van der Waals surface area contributed by atoms with Crippen LogP contribution in [-0.2, 0) is 4.84 Å². The van der Waals surface area contributed by atoms with Crippen LogP contribution in [0, 0.1) is 6.92 Å². The zero-order valence-corrected chi connectivity index (χ0v) is 8.76. The van der Waals surface area contributed by atoms with E-state index >= 15 is 0 Å². The third-order valence-electron chi connectivity index (χ3n) is 1.86. The first kappa shape index (κ1) is 9.71. The third-order valence-corrected chi connectivity index (χ3v) is 2.75. The van der Waals surface area contributed by atoms with E-state index in [1.54, 1.807) is 0 Å². The van der Waals surface area contributed by atoms with E-state index in [1.165, 1.54) is 5.56 Å². The van der Waals surface area contributed by atoms with E-state index in [-0.39, 0.29) is 6.10 Å². The Labute approximate surface area is 80.8 Å². The summed E-state index contributed by atoms with van der Waals surface area (Å²) in [6.07, 6.45) is -0.0446. The fourth-order valence-electron chi connectivity index (χ4n) is 0.999. The molecule has 0 heterocycles. The van der Waals surface area contributed by atoms with Gasteiger partial charge in [-0.3, -0.25) is 4.84 Å². The van der Waals surface area contributed by atoms with Crippen molar-refractivity contribution in [1.29, 1.82) is 0 Å². The first-order valence-electron chi connectivity index (χ1n) is 3.76. The summed E-state index contributed by atoms with van der Waals surface area (Å²) in [7, 11) is 0. The zero-order chi connectivity index (χ0) is 9.14. The lowest BCUT2D eigenvalue weighted by Crippen LogP contribution is -2.05. The maximum absolute atomic E-state index is 5.08. The highest BCUT2D eigenvalue weighted by Gasteiger charge is 2.04. The summed E-state index contributed by atoms with van der Waals surface area (Å²) in [5, 5.41) is 0. The Balaban J connectivity index is 2.96. The van der Waals surface area contributed by atoms with E-state index in [1.807, 2.05) is 26.0 Å². The molecule has 66 valence electrons. The van der Waals surface area contributed by atoms with Gasteiger partial charge in [0.05, 0.1) is 0 Å². The number of hydrogen-bond donors (Lipinski definition) is 1. The zero-order valence-electron chi connectivity index (χ0n) is 7.17. The van der Waals surface area contributed by atoms with Crippen LogP contribution in [-0.4, -0.2) is 0 Å². The molecule has 0 fully saturated rings. The predicted octanol–water partition coefficient (Wildman–Crippen LogP) is 2.71. The van der Waals surface area contributed by atoms with Crippen molar-refractivity contribution < 1.29 is 4.84 Å². The fourth-order valence-corrected chi connectivity index (χ4v) is 1.25. The van der Waals surface area contributed by atoms with Crippen LogP contribution >= 0.6 is 15.9 Å². The number of hydrogen-bond acceptors (Lipinski definition) is 2. The molecule has 0 bridgehead atoms. The largest absolute Gasteiger partial charge is 0.297 e. The van der Waals surface area contributed by atoms with Crippen molar-refractivity contribution in [3.63, 3.8) is 0 Å². The van der Waals surface area contributed by atoms with Crippen molar-refractivity contribution in [2.24, 2.45) is 5.90 Å². The Kier molecular flexibility index (Phi) is 3.26. The lowest BCUT2D eigenvalue weighted by Gasteiger charge is -2.09. The fraction of sp³-hybridized carbons (Fsp3) is 0.333. The molecule has 2 N–H and O–H groups in total. The van der Waals surface area contributed by atoms with Crippen molar-refractivity contribution >= 4 is 15.9 Å². The highest BCUT2D eigenvalue weighted by molar-refractivity contribution is 9.10. The van der Waals surface area contributed by atoms with Crippen molar-refractivity contribution in [2.75, 3.05) is 0 Å². The summed E-state index contributed by atoms with van der Waals surface area (Å²) in [5.74, 6) is 5.08. The highest BCUT2D eigenvalue weighted by Crippen LogP contribution is 2.21. The second-order valence-corrected chi connectivity index (χ2v) is 3.64. The number of rotatable bonds is 2. The first-order chi connectivity index (χ1) is 5.65. The van der Waals surface area contributed by atoms with Gasteiger partial charge in [0.1, 0.15) is 6.10 Å². The minimum Gasteiger partial charge on any atom is -0.297 e. The van der Waals surface area contributed by atoms with Crippen molar-refractivity contribution in [2.45, 2.75) is 20.0 Å². The summed E-state index contributed by atoms with van der Waals surface area (Å²) in [4.78, 5) is 4.72. The van der Waals surface area contributed by atoms with E-state index in [4.69, 9.17) is 10.7 Å². The number of aryl methyl sites for hydroxylation is 1. The maximum atomic E-state index is 5.08. The second kappa shape index (κ2) is 4.03. The van der Waals surface area contributed by atoms with Gasteiger partial charge in [-0.1, -0.05) is 28.1 Å². The van der Waals surface area contributed by atoms with Gasteiger partial charge in [-0.25, -0.2) is 5.90 Å². The Morgan fingerprint density at radius 2 is 2.17 bits per heavy atom. The van der Waals surface area contributed by atoms with Crippen LogP contribution in [0.25, 0.3) is 0 Å². The van der Waals surface area contributed by atoms with Crippen LogP contribution in [0.5, 0.6) is 0 Å². The molecule has 12 heavy (non-hydrogen) atoms. The molecule has 1 unspecified atom stereocenters. The molecule has 3 heteroatoms. The first-order valence-corrected chi connectivity index (χ1v) is 4.56. The van der Waals surface area contributed by atoms with Gasteiger partial charge in [-0.15, -0.1) is 0 Å². The Morgan fingerprint density at radius 3 is 2.67 bits per heavy atom. The summed E-state index contributed by atoms with van der Waals surface area (Å²) in [6, 6.07) is 6.05. The minimum atomic E-state index is -0.0446. The average Bonchev–Trinajstić information content (AvgIpc) is 2.08. The smallest absolute Gasteiger partial charge is 0.101 e. The Bertz CT molecular complexity index is 275. The monoisotopic (exact) mass is 229 g/mol. The normalized spacial score (nSPS) is 13.0. The molecule has 0 saturated heterocycles. The van der Waals surface area contributed by atoms with E-state index < -0.39 is 0 Å². The molecule has 0 aliphatic heterocycles. The minimum absolute atomic E-state index is 0.0446. The van der Waals surface area contributed by atoms with Gasteiger partial charge in [0.2, 0.25) is 0 Å². The molecule has 1 atom stereocenters. The molecular formula is C9H12BrNO. The SMILES string of the molecule is Cc1cc(C(C)ON)ccc1Br. The van der Waals surface area contributed by atoms with E-state index in [2.05, 4.69) is 22.0 Å². The summed E-state index contributed by atoms with van der Waals surface area (Å²) in [6.45, 7) is 3.96. The molecule has 1 rings (SSSR count). The molecule has 0 aromatic heterocycles. The number of halogens is 1. The molecule has 0 amide bonds. The van der Waals surface area contributed by atoms with Crippen LogP contribution in [0.3, 0.4) is 0 Å². The van der Waals surface area contributed by atoms with E-state index in [0.717, 1.165) is 10.0 Å². The lowest BCUT2D eigenvalue weighted by molar-refractivity contribution is 0.0664. The second-order valence-electron chi connectivity index (χ2n) is 2.79. The van der Waals surface area contributed by atoms with Gasteiger partial charge in [0.25, 0.3) is 0 Å². The van der Waals surface area contributed by atoms with Gasteiger partial charge in [0, 0.05) is 4.47 Å². The standard InChI is InChI=1S/C9H12BrNO/c1-6-5-8(7(2)12-11)3-4-9(6)10/h3-5,7H,11H2,1-2H3. The molecule has 1 aromatic carbocycles. The molecule has 0 saturated carbocycles. The van der Waals surface area contributed by atoms with Crippen molar-refractivity contribution in [3.8, 4) is 0 Å². The van der Waals surface area contributed by atoms with Gasteiger partial charge in [0.15, 0.2) is 0 Å². The summed E-state index contributed by atoms with van der Waals surface area (Å²) < 4.78 is 1.11. The van der Waals surface area contributed by atoms with Gasteiger partial charge in [-0.2, -0.15) is 0 Å². The van der Waals surface area contributed by atoms with Crippen LogP contribution in [0.15, 0.2) is 22.7 Å². The number of benzene rings is 1. The van der Waals surface area contributed by atoms with E-state index in [9.17, 15) is 0 Å². The quantitative estimate of drug-likeness (QED) is 0.792.